The molecule has 0 amide bonds. The molecule has 0 fully saturated rings. The van der Waals surface area contributed by atoms with Crippen LogP contribution in [-0.4, -0.2) is 12.4 Å². The van der Waals surface area contributed by atoms with Crippen LogP contribution in [0.5, 0.6) is 0 Å². The van der Waals surface area contributed by atoms with Gasteiger partial charge in [0.2, 0.25) is 0 Å². The van der Waals surface area contributed by atoms with Gasteiger partial charge in [0.15, 0.2) is 0 Å². The smallest absolute Gasteiger partial charge is 0.0413 e. The Morgan fingerprint density at radius 3 is 2.42 bits per heavy atom. The number of halogens is 1. The third-order valence-electron chi connectivity index (χ3n) is 1.91. The van der Waals surface area contributed by atoms with Crippen LogP contribution in [0.4, 0.5) is 0 Å². The van der Waals surface area contributed by atoms with Crippen LogP contribution >= 0.6 is 11.6 Å². The molecule has 0 saturated heterocycles. The Bertz CT molecular complexity index is 141. The average molecular weight is 190 g/mol. The van der Waals surface area contributed by atoms with Gasteiger partial charge in [-0.1, -0.05) is 26.8 Å². The van der Waals surface area contributed by atoms with E-state index >= 15 is 0 Å². The summed E-state index contributed by atoms with van der Waals surface area (Å²) in [6.07, 6.45) is 4.21. The van der Waals surface area contributed by atoms with E-state index < -0.39 is 0 Å². The third kappa shape index (κ3) is 4.66. The summed E-state index contributed by atoms with van der Waals surface area (Å²) in [5, 5.41) is 3.41. The molecule has 0 aromatic rings. The number of allylic oxidation sites excluding steroid dienone is 2. The topological polar surface area (TPSA) is 12.0 Å². The number of hydrogen-bond donors (Lipinski definition) is 1. The van der Waals surface area contributed by atoms with Gasteiger partial charge in [0, 0.05) is 24.5 Å². The molecule has 72 valence electrons. The van der Waals surface area contributed by atoms with Crippen molar-refractivity contribution in [3.05, 3.63) is 11.8 Å². The van der Waals surface area contributed by atoms with E-state index in [0.717, 1.165) is 12.8 Å². The van der Waals surface area contributed by atoms with E-state index in [1.54, 1.807) is 0 Å². The molecule has 0 aliphatic carbocycles. The molecule has 0 radical (unpaired) electrons. The first kappa shape index (κ1) is 11.8. The van der Waals surface area contributed by atoms with E-state index in [9.17, 15) is 0 Å². The van der Waals surface area contributed by atoms with Gasteiger partial charge in [0.1, 0.15) is 0 Å². The van der Waals surface area contributed by atoms with Crippen LogP contribution in [0.15, 0.2) is 11.8 Å². The number of nitrogens with one attached hydrogen (secondary N) is 1. The summed E-state index contributed by atoms with van der Waals surface area (Å²) in [7, 11) is 1.95. The van der Waals surface area contributed by atoms with Crippen molar-refractivity contribution in [2.45, 2.75) is 39.0 Å². The van der Waals surface area contributed by atoms with E-state index in [0.29, 0.717) is 5.92 Å². The predicted molar refractivity (Wildman–Crippen MR) is 56.5 cm³/mol. The fraction of sp³-hybridized carbons (Fsp3) is 0.800. The molecule has 2 heteroatoms. The number of alkyl halides is 1. The molecule has 0 aliphatic rings. The van der Waals surface area contributed by atoms with E-state index in [4.69, 9.17) is 11.6 Å². The monoisotopic (exact) mass is 189 g/mol. The first-order valence-corrected chi connectivity index (χ1v) is 5.06. The van der Waals surface area contributed by atoms with Crippen molar-refractivity contribution in [2.24, 2.45) is 5.92 Å². The zero-order chi connectivity index (χ0) is 9.56. The Balaban J connectivity index is 3.94. The maximum Gasteiger partial charge on any atom is 0.0413 e. The second-order valence-corrected chi connectivity index (χ2v) is 3.91. The summed E-state index contributed by atoms with van der Waals surface area (Å²) in [6, 6.07) is 0. The number of rotatable bonds is 5. The van der Waals surface area contributed by atoms with E-state index in [1.165, 1.54) is 5.70 Å². The van der Waals surface area contributed by atoms with E-state index in [1.807, 2.05) is 7.05 Å². The molecule has 0 saturated carbocycles. The highest BCUT2D eigenvalue weighted by Crippen LogP contribution is 2.17. The molecule has 0 aliphatic heterocycles. The zero-order valence-electron chi connectivity index (χ0n) is 8.52. The van der Waals surface area contributed by atoms with Gasteiger partial charge >= 0.3 is 0 Å². The third-order valence-corrected chi connectivity index (χ3v) is 2.57. The van der Waals surface area contributed by atoms with Gasteiger partial charge < -0.3 is 5.32 Å². The molecule has 1 N–H and O–H groups in total. The molecule has 12 heavy (non-hydrogen) atoms. The van der Waals surface area contributed by atoms with Crippen LogP contribution < -0.4 is 5.32 Å². The van der Waals surface area contributed by atoms with Crippen molar-refractivity contribution < 1.29 is 0 Å². The highest BCUT2D eigenvalue weighted by Gasteiger charge is 2.10. The molecule has 0 heterocycles. The second-order valence-electron chi connectivity index (χ2n) is 3.35. The molecule has 0 rings (SSSR count). The zero-order valence-corrected chi connectivity index (χ0v) is 9.28. The molecule has 0 bridgehead atoms. The largest absolute Gasteiger partial charge is 0.392 e. The number of hydrogen-bond acceptors (Lipinski definition) is 1. The lowest BCUT2D eigenvalue weighted by Crippen LogP contribution is -2.15. The Kier molecular flexibility index (Phi) is 6.27. The maximum absolute atomic E-state index is 6.14. The Morgan fingerprint density at radius 2 is 2.08 bits per heavy atom. The summed E-state index contributed by atoms with van der Waals surface area (Å²) in [5.74, 6) is 0.542. The fourth-order valence-corrected chi connectivity index (χ4v) is 1.15. The van der Waals surface area contributed by atoms with Crippen LogP contribution in [0.2, 0.25) is 0 Å². The van der Waals surface area contributed by atoms with Gasteiger partial charge in [0.05, 0.1) is 0 Å². The molecule has 0 aromatic carbocycles. The maximum atomic E-state index is 6.14. The minimum Gasteiger partial charge on any atom is -0.392 e. The SMILES string of the molecule is CC/C=C(\C[C@H](Cl)C(C)C)NC. The first-order chi connectivity index (χ1) is 5.61. The van der Waals surface area contributed by atoms with Crippen molar-refractivity contribution in [1.82, 2.24) is 5.32 Å². The van der Waals surface area contributed by atoms with Gasteiger partial charge in [-0.2, -0.15) is 0 Å². The van der Waals surface area contributed by atoms with Crippen LogP contribution in [-0.2, 0) is 0 Å². The van der Waals surface area contributed by atoms with Gasteiger partial charge in [-0.3, -0.25) is 0 Å². The summed E-state index contributed by atoms with van der Waals surface area (Å²) in [5.41, 5.74) is 1.26. The normalized spacial score (nSPS) is 15.0. The van der Waals surface area contributed by atoms with Gasteiger partial charge in [-0.05, 0) is 12.3 Å². The molecular weight excluding hydrogens is 170 g/mol. The lowest BCUT2D eigenvalue weighted by atomic mass is 10.1. The van der Waals surface area contributed by atoms with Gasteiger partial charge in [-0.25, -0.2) is 0 Å². The van der Waals surface area contributed by atoms with Crippen LogP contribution in [0, 0.1) is 5.92 Å². The molecule has 1 atom stereocenters. The molecule has 1 nitrogen and oxygen atoms in total. The molecule has 0 aromatic heterocycles. The minimum atomic E-state index is 0.246. The highest BCUT2D eigenvalue weighted by atomic mass is 35.5. The Labute approximate surface area is 81.2 Å². The van der Waals surface area contributed by atoms with Crippen LogP contribution in [0.25, 0.3) is 0 Å². The molecule has 0 unspecified atom stereocenters. The van der Waals surface area contributed by atoms with E-state index in [-0.39, 0.29) is 5.38 Å². The Morgan fingerprint density at radius 1 is 1.50 bits per heavy atom. The Hall–Kier alpha value is -0.170. The summed E-state index contributed by atoms with van der Waals surface area (Å²) >= 11 is 6.14. The van der Waals surface area contributed by atoms with Gasteiger partial charge in [0.25, 0.3) is 0 Å². The minimum absolute atomic E-state index is 0.246. The standard InChI is InChI=1S/C10H20ClN/c1-5-6-9(12-4)7-10(11)8(2)3/h6,8,10,12H,5,7H2,1-4H3/b9-6+/t10-/m0/s1. The van der Waals surface area contributed by atoms with Crippen molar-refractivity contribution in [1.29, 1.82) is 0 Å². The van der Waals surface area contributed by atoms with Crippen LogP contribution in [0.1, 0.15) is 33.6 Å². The lowest BCUT2D eigenvalue weighted by Gasteiger charge is -2.15. The van der Waals surface area contributed by atoms with E-state index in [2.05, 4.69) is 32.2 Å². The molecule has 0 spiro atoms. The predicted octanol–water partition coefficient (Wildman–Crippen LogP) is 3.15. The average Bonchev–Trinajstić information content (AvgIpc) is 2.03. The van der Waals surface area contributed by atoms with Crippen molar-refractivity contribution in [3.63, 3.8) is 0 Å². The first-order valence-electron chi connectivity index (χ1n) is 4.62. The molecular formula is C10H20ClN. The second kappa shape index (κ2) is 6.36. The summed E-state index contributed by atoms with van der Waals surface area (Å²) < 4.78 is 0. The van der Waals surface area contributed by atoms with Crippen molar-refractivity contribution >= 4 is 11.6 Å². The quantitative estimate of drug-likeness (QED) is 0.656. The van der Waals surface area contributed by atoms with Gasteiger partial charge in [-0.15, -0.1) is 11.6 Å². The summed E-state index contributed by atoms with van der Waals surface area (Å²) in [4.78, 5) is 0. The lowest BCUT2D eigenvalue weighted by molar-refractivity contribution is 0.582. The van der Waals surface area contributed by atoms with Crippen LogP contribution in [0.3, 0.4) is 0 Å². The highest BCUT2D eigenvalue weighted by molar-refractivity contribution is 6.20. The van der Waals surface area contributed by atoms with Crippen molar-refractivity contribution in [2.75, 3.05) is 7.05 Å². The fourth-order valence-electron chi connectivity index (χ4n) is 0.980. The van der Waals surface area contributed by atoms with Crippen molar-refractivity contribution in [3.8, 4) is 0 Å². The summed E-state index contributed by atoms with van der Waals surface area (Å²) in [6.45, 7) is 6.43.